The lowest BCUT2D eigenvalue weighted by atomic mass is 9.95. The highest BCUT2D eigenvalue weighted by molar-refractivity contribution is 14.1. The standard InChI is InChI=1S/C19H18IN3O3/c1-23(2)16-6-3-11(7-17(16)24)9-21-10-15-14-8-12(20)4-5-13(14)18(25)22-19(15)26/h3-8,10,21,24H,9H2,1-2H3,(H,22,25,26)/b15-10-. The van der Waals surface area contributed by atoms with Gasteiger partial charge >= 0.3 is 0 Å². The van der Waals surface area contributed by atoms with Gasteiger partial charge in [0.2, 0.25) is 0 Å². The van der Waals surface area contributed by atoms with Gasteiger partial charge < -0.3 is 15.3 Å². The lowest BCUT2D eigenvalue weighted by molar-refractivity contribution is -0.114. The molecule has 2 aromatic carbocycles. The summed E-state index contributed by atoms with van der Waals surface area (Å²) in [5.74, 6) is -0.617. The number of carbonyl (C=O) groups is 2. The van der Waals surface area contributed by atoms with E-state index in [9.17, 15) is 14.7 Å². The summed E-state index contributed by atoms with van der Waals surface area (Å²) < 4.78 is 0.943. The molecule has 0 spiro atoms. The Morgan fingerprint density at radius 2 is 1.88 bits per heavy atom. The van der Waals surface area contributed by atoms with E-state index < -0.39 is 5.91 Å². The molecule has 26 heavy (non-hydrogen) atoms. The fourth-order valence-corrected chi connectivity index (χ4v) is 3.26. The lowest BCUT2D eigenvalue weighted by Gasteiger charge is -2.19. The third-order valence-electron chi connectivity index (χ3n) is 4.06. The minimum Gasteiger partial charge on any atom is -0.506 e. The molecule has 1 aliphatic rings. The smallest absolute Gasteiger partial charge is 0.260 e. The van der Waals surface area contributed by atoms with Gasteiger partial charge in [0.1, 0.15) is 5.75 Å². The number of hydrogen-bond donors (Lipinski definition) is 3. The average molecular weight is 463 g/mol. The van der Waals surface area contributed by atoms with Crippen LogP contribution in [0.5, 0.6) is 5.75 Å². The predicted octanol–water partition coefficient (Wildman–Crippen LogP) is 2.46. The number of phenolic OH excluding ortho intramolecular Hbond substituents is 1. The molecule has 0 aliphatic carbocycles. The van der Waals surface area contributed by atoms with Gasteiger partial charge in [0.15, 0.2) is 0 Å². The first-order valence-corrected chi connectivity index (χ1v) is 9.03. The molecule has 0 fully saturated rings. The van der Waals surface area contributed by atoms with Crippen molar-refractivity contribution in [1.82, 2.24) is 10.6 Å². The average Bonchev–Trinajstić information content (AvgIpc) is 2.57. The summed E-state index contributed by atoms with van der Waals surface area (Å²) in [5.41, 5.74) is 3.11. The normalized spacial score (nSPS) is 14.8. The zero-order chi connectivity index (χ0) is 18.8. The van der Waals surface area contributed by atoms with Crippen LogP contribution in [0.25, 0.3) is 5.57 Å². The van der Waals surface area contributed by atoms with Crippen LogP contribution in [-0.2, 0) is 11.3 Å². The number of imide groups is 1. The molecule has 7 heteroatoms. The van der Waals surface area contributed by atoms with Crippen LogP contribution in [0.1, 0.15) is 21.5 Å². The summed E-state index contributed by atoms with van der Waals surface area (Å²) in [4.78, 5) is 26.0. The molecule has 0 radical (unpaired) electrons. The van der Waals surface area contributed by atoms with Crippen LogP contribution in [0.3, 0.4) is 0 Å². The van der Waals surface area contributed by atoms with Gasteiger partial charge in [-0.15, -0.1) is 0 Å². The second-order valence-corrected chi connectivity index (χ2v) is 7.38. The molecular formula is C19H18IN3O3. The van der Waals surface area contributed by atoms with Crippen LogP contribution < -0.4 is 15.5 Å². The second kappa shape index (κ2) is 7.36. The van der Waals surface area contributed by atoms with Crippen LogP contribution in [0, 0.1) is 3.57 Å². The Kier molecular flexibility index (Phi) is 5.17. The lowest BCUT2D eigenvalue weighted by Crippen LogP contribution is -2.37. The van der Waals surface area contributed by atoms with Crippen LogP contribution in [-0.4, -0.2) is 31.0 Å². The van der Waals surface area contributed by atoms with E-state index in [4.69, 9.17) is 0 Å². The number of nitrogens with zero attached hydrogens (tertiary/aromatic N) is 1. The van der Waals surface area contributed by atoms with E-state index >= 15 is 0 Å². The van der Waals surface area contributed by atoms with Crippen LogP contribution in [0.2, 0.25) is 0 Å². The number of nitrogens with one attached hydrogen (secondary N) is 2. The second-order valence-electron chi connectivity index (χ2n) is 6.13. The first-order valence-electron chi connectivity index (χ1n) is 7.95. The molecule has 0 bridgehead atoms. The van der Waals surface area contributed by atoms with E-state index in [2.05, 4.69) is 33.2 Å². The Morgan fingerprint density at radius 3 is 2.58 bits per heavy atom. The van der Waals surface area contributed by atoms with Crippen molar-refractivity contribution in [3.8, 4) is 5.75 Å². The van der Waals surface area contributed by atoms with Crippen LogP contribution in [0.15, 0.2) is 42.6 Å². The number of benzene rings is 2. The van der Waals surface area contributed by atoms with E-state index in [1.54, 1.807) is 18.3 Å². The van der Waals surface area contributed by atoms with Crippen molar-refractivity contribution < 1.29 is 14.7 Å². The number of hydrogen-bond acceptors (Lipinski definition) is 5. The molecule has 3 N–H and O–H groups in total. The van der Waals surface area contributed by atoms with Gasteiger partial charge in [-0.25, -0.2) is 0 Å². The molecule has 0 saturated heterocycles. The van der Waals surface area contributed by atoms with Crippen LogP contribution >= 0.6 is 22.6 Å². The first kappa shape index (κ1) is 18.2. The fraction of sp³-hybridized carbons (Fsp3) is 0.158. The molecule has 0 unspecified atom stereocenters. The third-order valence-corrected chi connectivity index (χ3v) is 4.73. The van der Waals surface area contributed by atoms with E-state index in [0.717, 1.165) is 14.8 Å². The van der Waals surface area contributed by atoms with Gasteiger partial charge in [0, 0.05) is 41.5 Å². The molecule has 2 amide bonds. The van der Waals surface area contributed by atoms with E-state index in [1.165, 1.54) is 0 Å². The number of rotatable bonds is 4. The summed E-state index contributed by atoms with van der Waals surface area (Å²) in [6, 6.07) is 10.8. The Balaban J connectivity index is 1.82. The predicted molar refractivity (Wildman–Crippen MR) is 109 cm³/mol. The van der Waals surface area contributed by atoms with Crippen molar-refractivity contribution in [3.05, 3.63) is 62.9 Å². The summed E-state index contributed by atoms with van der Waals surface area (Å²) in [6.07, 6.45) is 1.60. The Bertz CT molecular complexity index is 922. The number of halogens is 1. The molecule has 6 nitrogen and oxygen atoms in total. The zero-order valence-electron chi connectivity index (χ0n) is 14.3. The fourth-order valence-electron chi connectivity index (χ4n) is 2.77. The van der Waals surface area contributed by atoms with Crippen molar-refractivity contribution >= 4 is 45.7 Å². The Morgan fingerprint density at radius 1 is 1.12 bits per heavy atom. The molecule has 0 aromatic heterocycles. The number of carbonyl (C=O) groups excluding carboxylic acids is 2. The highest BCUT2D eigenvalue weighted by Crippen LogP contribution is 2.27. The summed E-state index contributed by atoms with van der Waals surface area (Å²) in [7, 11) is 3.72. The van der Waals surface area contributed by atoms with Gasteiger partial charge in [0.25, 0.3) is 11.8 Å². The summed E-state index contributed by atoms with van der Waals surface area (Å²) >= 11 is 2.15. The van der Waals surface area contributed by atoms with Gasteiger partial charge in [-0.05, 0) is 58.5 Å². The van der Waals surface area contributed by atoms with Gasteiger partial charge in [-0.1, -0.05) is 6.07 Å². The third kappa shape index (κ3) is 3.67. The molecule has 1 heterocycles. The van der Waals surface area contributed by atoms with Crippen molar-refractivity contribution in [2.75, 3.05) is 19.0 Å². The summed E-state index contributed by atoms with van der Waals surface area (Å²) in [5, 5.41) is 15.5. The van der Waals surface area contributed by atoms with Gasteiger partial charge in [-0.2, -0.15) is 0 Å². The van der Waals surface area contributed by atoms with E-state index in [-0.39, 0.29) is 11.7 Å². The molecule has 2 aromatic rings. The molecule has 3 rings (SSSR count). The van der Waals surface area contributed by atoms with E-state index in [1.807, 2.05) is 43.3 Å². The maximum atomic E-state index is 12.2. The quantitative estimate of drug-likeness (QED) is 0.369. The highest BCUT2D eigenvalue weighted by Gasteiger charge is 2.27. The highest BCUT2D eigenvalue weighted by atomic mass is 127. The van der Waals surface area contributed by atoms with Crippen molar-refractivity contribution in [3.63, 3.8) is 0 Å². The monoisotopic (exact) mass is 463 g/mol. The van der Waals surface area contributed by atoms with Gasteiger partial charge in [0.05, 0.1) is 11.3 Å². The first-order chi connectivity index (χ1) is 12.4. The Hall–Kier alpha value is -2.55. The molecular weight excluding hydrogens is 445 g/mol. The van der Waals surface area contributed by atoms with Crippen molar-refractivity contribution in [1.29, 1.82) is 0 Å². The maximum Gasteiger partial charge on any atom is 0.260 e. The van der Waals surface area contributed by atoms with E-state index in [0.29, 0.717) is 23.2 Å². The minimum absolute atomic E-state index is 0.197. The van der Waals surface area contributed by atoms with Crippen molar-refractivity contribution in [2.45, 2.75) is 6.54 Å². The SMILES string of the molecule is CN(C)c1ccc(CN/C=C2\C(=O)NC(=O)c3ccc(I)cc32)cc1O. The number of anilines is 1. The minimum atomic E-state index is -0.428. The van der Waals surface area contributed by atoms with Crippen molar-refractivity contribution in [2.24, 2.45) is 0 Å². The summed E-state index contributed by atoms with van der Waals surface area (Å²) in [6.45, 7) is 0.436. The molecule has 134 valence electrons. The molecule has 0 saturated carbocycles. The number of fused-ring (bicyclic) bond motifs is 1. The number of phenols is 1. The topological polar surface area (TPSA) is 81.7 Å². The maximum absolute atomic E-state index is 12.2. The van der Waals surface area contributed by atoms with Crippen LogP contribution in [0.4, 0.5) is 5.69 Å². The number of amides is 2. The van der Waals surface area contributed by atoms with Gasteiger partial charge in [-0.3, -0.25) is 14.9 Å². The molecule has 0 atom stereocenters. The Labute approximate surface area is 165 Å². The number of aromatic hydroxyl groups is 1. The largest absolute Gasteiger partial charge is 0.506 e. The zero-order valence-corrected chi connectivity index (χ0v) is 16.5. The molecule has 1 aliphatic heterocycles.